The summed E-state index contributed by atoms with van der Waals surface area (Å²) in [5.74, 6) is -0.233. The molecule has 1 aromatic heterocycles. The first-order valence-electron chi connectivity index (χ1n) is 8.45. The molecule has 1 spiro atoms. The molecule has 2 fully saturated rings. The van der Waals surface area contributed by atoms with Crippen molar-refractivity contribution in [3.63, 3.8) is 0 Å². The highest BCUT2D eigenvalue weighted by Crippen LogP contribution is 2.36. The number of benzene rings is 1. The molecule has 132 valence electrons. The summed E-state index contributed by atoms with van der Waals surface area (Å²) in [7, 11) is 0. The van der Waals surface area contributed by atoms with Gasteiger partial charge in [-0.3, -0.25) is 4.90 Å². The largest absolute Gasteiger partial charge is 0.371 e. The molecule has 5 nitrogen and oxygen atoms in total. The lowest BCUT2D eigenvalue weighted by Crippen LogP contribution is -2.33. The molecule has 2 aliphatic heterocycles. The highest BCUT2D eigenvalue weighted by atomic mass is 19.1. The Bertz CT molecular complexity index is 659. The van der Waals surface area contributed by atoms with E-state index in [1.807, 2.05) is 12.1 Å². The molecule has 0 saturated carbocycles. The lowest BCUT2D eigenvalue weighted by atomic mass is 9.97. The normalized spacial score (nSPS) is 26.4. The van der Waals surface area contributed by atoms with Crippen LogP contribution in [-0.4, -0.2) is 46.2 Å². The highest BCUT2D eigenvalue weighted by molar-refractivity contribution is 5.26. The molecule has 4 rings (SSSR count). The summed E-state index contributed by atoms with van der Waals surface area (Å²) < 4.78 is 32.0. The van der Waals surface area contributed by atoms with E-state index < -0.39 is 5.82 Å². The number of halogens is 2. The number of ether oxygens (including phenoxy) is 1. The number of rotatable bonds is 4. The zero-order chi connectivity index (χ0) is 17.3. The van der Waals surface area contributed by atoms with Gasteiger partial charge in [-0.25, -0.2) is 18.7 Å². The van der Waals surface area contributed by atoms with Crippen molar-refractivity contribution in [2.45, 2.75) is 31.0 Å². The minimum atomic E-state index is -0.447. The van der Waals surface area contributed by atoms with Crippen molar-refractivity contribution in [1.82, 2.24) is 14.9 Å². The fourth-order valence-electron chi connectivity index (χ4n) is 3.70. The maximum Gasteiger partial charge on any atom is 0.223 e. The fraction of sp³-hybridized carbons (Fsp3) is 0.444. The van der Waals surface area contributed by atoms with Gasteiger partial charge in [0.1, 0.15) is 5.82 Å². The summed E-state index contributed by atoms with van der Waals surface area (Å²) in [6.07, 6.45) is 4.14. The van der Waals surface area contributed by atoms with Crippen LogP contribution in [0.1, 0.15) is 18.4 Å². The van der Waals surface area contributed by atoms with Crippen molar-refractivity contribution in [3.8, 4) is 0 Å². The first-order chi connectivity index (χ1) is 12.1. The van der Waals surface area contributed by atoms with Crippen molar-refractivity contribution >= 4 is 5.95 Å². The van der Waals surface area contributed by atoms with Gasteiger partial charge in [0.05, 0.1) is 30.6 Å². The Labute approximate surface area is 145 Å². The highest BCUT2D eigenvalue weighted by Gasteiger charge is 2.45. The SMILES string of the molecule is Fc1ccc(CN2CCC3(CC(Nc4ncc(F)cn4)CO3)C2)cc1. The molecular weight excluding hydrogens is 326 g/mol. The van der Waals surface area contributed by atoms with Gasteiger partial charge in [0.25, 0.3) is 0 Å². The second-order valence-electron chi connectivity index (χ2n) is 6.85. The Balaban J connectivity index is 1.33. The molecule has 0 aliphatic carbocycles. The number of anilines is 1. The summed E-state index contributed by atoms with van der Waals surface area (Å²) in [4.78, 5) is 10.2. The van der Waals surface area contributed by atoms with Crippen molar-refractivity contribution in [3.05, 3.63) is 53.9 Å². The third-order valence-corrected chi connectivity index (χ3v) is 4.88. The summed E-state index contributed by atoms with van der Waals surface area (Å²) in [6.45, 7) is 3.19. The fourth-order valence-corrected chi connectivity index (χ4v) is 3.70. The third kappa shape index (κ3) is 3.77. The van der Waals surface area contributed by atoms with Gasteiger partial charge in [0.15, 0.2) is 5.82 Å². The van der Waals surface area contributed by atoms with Gasteiger partial charge < -0.3 is 10.1 Å². The Morgan fingerprint density at radius 2 is 1.92 bits per heavy atom. The topological polar surface area (TPSA) is 50.3 Å². The monoisotopic (exact) mass is 346 g/mol. The average Bonchev–Trinajstić information content (AvgIpc) is 3.19. The van der Waals surface area contributed by atoms with Crippen molar-refractivity contribution < 1.29 is 13.5 Å². The minimum absolute atomic E-state index is 0.122. The number of hydrogen-bond acceptors (Lipinski definition) is 5. The van der Waals surface area contributed by atoms with E-state index in [2.05, 4.69) is 20.2 Å². The Kier molecular flexibility index (Phi) is 4.35. The van der Waals surface area contributed by atoms with Gasteiger partial charge >= 0.3 is 0 Å². The lowest BCUT2D eigenvalue weighted by molar-refractivity contribution is 0.0120. The van der Waals surface area contributed by atoms with Crippen LogP contribution in [0.3, 0.4) is 0 Å². The van der Waals surface area contributed by atoms with E-state index in [1.54, 1.807) is 0 Å². The van der Waals surface area contributed by atoms with Gasteiger partial charge in [-0.1, -0.05) is 12.1 Å². The van der Waals surface area contributed by atoms with Crippen LogP contribution in [0.4, 0.5) is 14.7 Å². The van der Waals surface area contributed by atoms with Crippen LogP contribution in [-0.2, 0) is 11.3 Å². The Morgan fingerprint density at radius 1 is 1.16 bits per heavy atom. The number of likely N-dealkylation sites (tertiary alicyclic amines) is 1. The predicted molar refractivity (Wildman–Crippen MR) is 89.0 cm³/mol. The molecule has 1 aromatic carbocycles. The number of nitrogens with one attached hydrogen (secondary N) is 1. The zero-order valence-electron chi connectivity index (χ0n) is 13.8. The van der Waals surface area contributed by atoms with Crippen molar-refractivity contribution in [2.24, 2.45) is 0 Å². The van der Waals surface area contributed by atoms with E-state index in [1.165, 1.54) is 12.1 Å². The molecule has 25 heavy (non-hydrogen) atoms. The molecule has 7 heteroatoms. The van der Waals surface area contributed by atoms with E-state index in [-0.39, 0.29) is 17.5 Å². The van der Waals surface area contributed by atoms with E-state index in [0.717, 1.165) is 50.4 Å². The lowest BCUT2D eigenvalue weighted by Gasteiger charge is -2.23. The number of hydrogen-bond donors (Lipinski definition) is 1. The average molecular weight is 346 g/mol. The van der Waals surface area contributed by atoms with Gasteiger partial charge in [0, 0.05) is 26.1 Å². The summed E-state index contributed by atoms with van der Waals surface area (Å²) >= 11 is 0. The predicted octanol–water partition coefficient (Wildman–Crippen LogP) is 2.60. The standard InChI is InChI=1S/C18H20F2N4O/c19-14-3-1-13(2-4-14)10-24-6-5-18(12-24)7-16(11-25-18)23-17-21-8-15(20)9-22-17/h1-4,8-9,16H,5-7,10-12H2,(H,21,22,23). The van der Waals surface area contributed by atoms with Gasteiger partial charge in [-0.05, 0) is 24.1 Å². The molecule has 1 N–H and O–H groups in total. The van der Waals surface area contributed by atoms with Gasteiger partial charge in [-0.15, -0.1) is 0 Å². The maximum absolute atomic E-state index is 13.0. The van der Waals surface area contributed by atoms with Gasteiger partial charge in [0.2, 0.25) is 5.95 Å². The Morgan fingerprint density at radius 3 is 2.68 bits per heavy atom. The minimum Gasteiger partial charge on any atom is -0.371 e. The van der Waals surface area contributed by atoms with Crippen LogP contribution in [0.5, 0.6) is 0 Å². The Hall–Kier alpha value is -2.12. The van der Waals surface area contributed by atoms with Crippen LogP contribution in [0.25, 0.3) is 0 Å². The molecular formula is C18H20F2N4O. The molecule has 0 amide bonds. The summed E-state index contributed by atoms with van der Waals surface area (Å²) in [6, 6.07) is 6.76. The quantitative estimate of drug-likeness (QED) is 0.922. The molecule has 2 aromatic rings. The first-order valence-corrected chi connectivity index (χ1v) is 8.45. The van der Waals surface area contributed by atoms with Crippen molar-refractivity contribution in [2.75, 3.05) is 25.0 Å². The molecule has 2 atom stereocenters. The second-order valence-corrected chi connectivity index (χ2v) is 6.85. The smallest absolute Gasteiger partial charge is 0.223 e. The van der Waals surface area contributed by atoms with Crippen LogP contribution in [0.15, 0.2) is 36.7 Å². The summed E-state index contributed by atoms with van der Waals surface area (Å²) in [5.41, 5.74) is 0.948. The van der Waals surface area contributed by atoms with Crippen LogP contribution < -0.4 is 5.32 Å². The van der Waals surface area contributed by atoms with Crippen LogP contribution in [0, 0.1) is 11.6 Å². The van der Waals surface area contributed by atoms with E-state index in [4.69, 9.17) is 4.74 Å². The molecule has 2 saturated heterocycles. The van der Waals surface area contributed by atoms with E-state index >= 15 is 0 Å². The zero-order valence-corrected chi connectivity index (χ0v) is 13.8. The maximum atomic E-state index is 13.0. The van der Waals surface area contributed by atoms with E-state index in [9.17, 15) is 8.78 Å². The molecule has 2 aliphatic rings. The number of nitrogens with zero attached hydrogens (tertiary/aromatic N) is 3. The molecule has 3 heterocycles. The van der Waals surface area contributed by atoms with Gasteiger partial charge in [-0.2, -0.15) is 0 Å². The second kappa shape index (κ2) is 6.65. The third-order valence-electron chi connectivity index (χ3n) is 4.88. The first kappa shape index (κ1) is 16.4. The molecule has 0 radical (unpaired) electrons. The van der Waals surface area contributed by atoms with Crippen LogP contribution in [0.2, 0.25) is 0 Å². The number of aromatic nitrogens is 2. The molecule has 2 unspecified atom stereocenters. The molecule has 0 bridgehead atoms. The van der Waals surface area contributed by atoms with E-state index in [0.29, 0.717) is 12.6 Å². The van der Waals surface area contributed by atoms with Crippen molar-refractivity contribution in [1.29, 1.82) is 0 Å². The summed E-state index contributed by atoms with van der Waals surface area (Å²) in [5, 5.41) is 3.22. The van der Waals surface area contributed by atoms with Crippen LogP contribution >= 0.6 is 0 Å².